The Labute approximate surface area is 156 Å². The molecule has 5 nitrogen and oxygen atoms in total. The summed E-state index contributed by atoms with van der Waals surface area (Å²) in [5.74, 6) is 1.52. The second-order valence-electron chi connectivity index (χ2n) is 6.05. The number of hydrogen-bond donors (Lipinski definition) is 0. The molecule has 0 fully saturated rings. The molecular weight excluding hydrogens is 370 g/mol. The van der Waals surface area contributed by atoms with Crippen LogP contribution in [0.4, 0.5) is 0 Å². The van der Waals surface area contributed by atoms with Crippen molar-refractivity contribution in [2.75, 3.05) is 0 Å². The number of benzene rings is 2. The second kappa shape index (κ2) is 9.21. The molecule has 2 aromatic carbocycles. The normalized spacial score (nSPS) is 12.6. The Morgan fingerprint density at radius 2 is 1.58 bits per heavy atom. The van der Waals surface area contributed by atoms with Gasteiger partial charge in [0, 0.05) is 6.07 Å². The van der Waals surface area contributed by atoms with Crippen LogP contribution in [0.25, 0.3) is 0 Å². The first-order valence-electron chi connectivity index (χ1n) is 8.53. The lowest BCUT2D eigenvalue weighted by atomic mass is 10.1. The maximum atomic E-state index is 13.1. The van der Waals surface area contributed by atoms with Gasteiger partial charge in [0.1, 0.15) is 17.2 Å². The lowest BCUT2D eigenvalue weighted by Crippen LogP contribution is -2.32. The molecule has 2 aromatic rings. The Morgan fingerprint density at radius 3 is 2.15 bits per heavy atom. The highest BCUT2D eigenvalue weighted by Gasteiger charge is 2.38. The molecule has 0 saturated heterocycles. The molecule has 0 aliphatic rings. The predicted octanol–water partition coefficient (Wildman–Crippen LogP) is 6.34. The van der Waals surface area contributed by atoms with E-state index >= 15 is 0 Å². The maximum Gasteiger partial charge on any atom is 0.395 e. The van der Waals surface area contributed by atoms with Crippen molar-refractivity contribution in [2.24, 2.45) is 0 Å². The molecular formula is C19H24O5P2. The summed E-state index contributed by atoms with van der Waals surface area (Å²) in [5.41, 5.74) is 1.99. The van der Waals surface area contributed by atoms with Crippen LogP contribution < -0.4 is 13.8 Å². The Balaban J connectivity index is 2.29. The molecule has 1 unspecified atom stereocenters. The van der Waals surface area contributed by atoms with Crippen LogP contribution in [-0.2, 0) is 9.13 Å². The van der Waals surface area contributed by atoms with E-state index in [4.69, 9.17) is 13.8 Å². The van der Waals surface area contributed by atoms with E-state index < -0.39 is 22.1 Å². The molecule has 0 aliphatic heterocycles. The van der Waals surface area contributed by atoms with Crippen LogP contribution in [0, 0.1) is 13.8 Å². The summed E-state index contributed by atoms with van der Waals surface area (Å²) in [4.78, 5) is 0. The lowest BCUT2D eigenvalue weighted by molar-refractivity contribution is 0.133. The van der Waals surface area contributed by atoms with Gasteiger partial charge in [-0.15, -0.1) is 0 Å². The highest BCUT2D eigenvalue weighted by molar-refractivity contribution is 7.41. The second-order valence-corrected chi connectivity index (χ2v) is 8.08. The topological polar surface area (TPSA) is 61.8 Å². The van der Waals surface area contributed by atoms with Gasteiger partial charge in [-0.25, -0.2) is 4.57 Å². The number of aryl methyl sites for hydroxylation is 2. The summed E-state index contributed by atoms with van der Waals surface area (Å²) in [6, 6.07) is 12.5. The Hall–Kier alpha value is -1.83. The summed E-state index contributed by atoms with van der Waals surface area (Å²) in [6.45, 7) is 7.83. The van der Waals surface area contributed by atoms with Crippen molar-refractivity contribution in [3.8, 4) is 17.2 Å². The zero-order valence-electron chi connectivity index (χ0n) is 15.4. The molecule has 0 aromatic heterocycles. The lowest BCUT2D eigenvalue weighted by Gasteiger charge is -2.33. The fraction of sp³-hybridized carbons (Fsp3) is 0.368. The fourth-order valence-electron chi connectivity index (χ4n) is 2.72. The van der Waals surface area contributed by atoms with E-state index in [1.165, 1.54) is 0 Å². The van der Waals surface area contributed by atoms with Crippen molar-refractivity contribution >= 4 is 16.7 Å². The minimum absolute atomic E-state index is 0.378. The quantitative estimate of drug-likeness (QED) is 0.465. The van der Waals surface area contributed by atoms with E-state index in [1.807, 2.05) is 45.9 Å². The van der Waals surface area contributed by atoms with Crippen LogP contribution in [0.1, 0.15) is 37.8 Å². The zero-order valence-corrected chi connectivity index (χ0v) is 17.3. The largest absolute Gasteiger partial charge is 0.476 e. The SMILES string of the molecule is CCC(CC)(Oc1c(C)cccc1C)[PH](=O)Oc1cccc(OP=O)c1. The third-order valence-electron chi connectivity index (χ3n) is 4.38. The Morgan fingerprint density at radius 1 is 1.00 bits per heavy atom. The van der Waals surface area contributed by atoms with Crippen LogP contribution >= 0.6 is 16.7 Å². The minimum atomic E-state index is -2.61. The van der Waals surface area contributed by atoms with Crippen LogP contribution in [0.2, 0.25) is 0 Å². The number of hydrogen-bond acceptors (Lipinski definition) is 5. The number of rotatable bonds is 9. The van der Waals surface area contributed by atoms with Crippen molar-refractivity contribution in [3.05, 3.63) is 53.6 Å². The van der Waals surface area contributed by atoms with Gasteiger partial charge < -0.3 is 13.8 Å². The van der Waals surface area contributed by atoms with Gasteiger partial charge in [0.2, 0.25) is 0 Å². The van der Waals surface area contributed by atoms with Crippen molar-refractivity contribution in [3.63, 3.8) is 0 Å². The van der Waals surface area contributed by atoms with Gasteiger partial charge in [-0.1, -0.05) is 38.1 Å². The molecule has 0 amide bonds. The van der Waals surface area contributed by atoms with Crippen molar-refractivity contribution in [2.45, 2.75) is 45.9 Å². The molecule has 0 heterocycles. The monoisotopic (exact) mass is 394 g/mol. The highest BCUT2D eigenvalue weighted by atomic mass is 31.1. The summed E-state index contributed by atoms with van der Waals surface area (Å²) in [7, 11) is -3.06. The number of para-hydroxylation sites is 1. The van der Waals surface area contributed by atoms with Crippen LogP contribution in [0.15, 0.2) is 42.5 Å². The van der Waals surface area contributed by atoms with Crippen LogP contribution in [0.5, 0.6) is 17.2 Å². The van der Waals surface area contributed by atoms with Gasteiger partial charge in [-0.3, -0.25) is 4.57 Å². The zero-order chi connectivity index (χ0) is 19.2. The minimum Gasteiger partial charge on any atom is -0.476 e. The summed E-state index contributed by atoms with van der Waals surface area (Å²) in [5, 5.41) is -0.908. The van der Waals surface area contributed by atoms with Gasteiger partial charge in [-0.05, 0) is 49.9 Å². The average molecular weight is 394 g/mol. The van der Waals surface area contributed by atoms with E-state index in [1.54, 1.807) is 24.3 Å². The first-order valence-corrected chi connectivity index (χ1v) is 10.6. The van der Waals surface area contributed by atoms with E-state index in [0.717, 1.165) is 16.9 Å². The van der Waals surface area contributed by atoms with Crippen LogP contribution in [0.3, 0.4) is 0 Å². The molecule has 0 bridgehead atoms. The van der Waals surface area contributed by atoms with Crippen molar-refractivity contribution < 1.29 is 22.9 Å². The third kappa shape index (κ3) is 4.66. The third-order valence-corrected chi connectivity index (χ3v) is 6.64. The molecule has 0 aliphatic carbocycles. The predicted molar refractivity (Wildman–Crippen MR) is 104 cm³/mol. The highest BCUT2D eigenvalue weighted by Crippen LogP contribution is 2.48. The van der Waals surface area contributed by atoms with Gasteiger partial charge in [0.05, 0.1) is 0 Å². The molecule has 2 rings (SSSR count). The molecule has 7 heteroatoms. The van der Waals surface area contributed by atoms with E-state index in [2.05, 4.69) is 0 Å². The first-order chi connectivity index (χ1) is 12.5. The van der Waals surface area contributed by atoms with Crippen molar-refractivity contribution in [1.82, 2.24) is 0 Å². The maximum absolute atomic E-state index is 13.1. The van der Waals surface area contributed by atoms with E-state index in [-0.39, 0.29) is 0 Å². The van der Waals surface area contributed by atoms with Gasteiger partial charge in [0.15, 0.2) is 5.34 Å². The summed E-state index contributed by atoms with van der Waals surface area (Å²) >= 11 is 0. The molecule has 0 radical (unpaired) electrons. The summed E-state index contributed by atoms with van der Waals surface area (Å²) in [6.07, 6.45) is 1.09. The molecule has 0 spiro atoms. The number of ether oxygens (including phenoxy) is 1. The first kappa shape index (κ1) is 20.5. The molecule has 0 N–H and O–H groups in total. The summed E-state index contributed by atoms with van der Waals surface area (Å²) < 4.78 is 40.7. The van der Waals surface area contributed by atoms with Gasteiger partial charge in [0.25, 0.3) is 8.03 Å². The molecule has 0 saturated carbocycles. The molecule has 26 heavy (non-hydrogen) atoms. The van der Waals surface area contributed by atoms with Gasteiger partial charge in [-0.2, -0.15) is 0 Å². The fourth-order valence-corrected chi connectivity index (χ4v) is 4.21. The van der Waals surface area contributed by atoms with E-state index in [0.29, 0.717) is 24.3 Å². The average Bonchev–Trinajstić information content (AvgIpc) is 2.62. The van der Waals surface area contributed by atoms with Crippen LogP contribution in [-0.4, -0.2) is 5.34 Å². The Kier molecular flexibility index (Phi) is 7.25. The standard InChI is InChI=1S/C19H24O5P2/c1-5-19(6-2,22-18-14(3)9-7-10-15(18)4)26(21)24-17-12-8-11-16(13-17)23-25-20/h7-13,26H,5-6H2,1-4H3. The van der Waals surface area contributed by atoms with E-state index in [9.17, 15) is 9.13 Å². The molecule has 1 atom stereocenters. The molecule has 140 valence electrons. The smallest absolute Gasteiger partial charge is 0.395 e. The van der Waals surface area contributed by atoms with Gasteiger partial charge >= 0.3 is 8.69 Å². The van der Waals surface area contributed by atoms with Crippen molar-refractivity contribution in [1.29, 1.82) is 0 Å². The Bertz CT molecular complexity index is 767.